The van der Waals surface area contributed by atoms with E-state index >= 15 is 0 Å². The van der Waals surface area contributed by atoms with Gasteiger partial charge in [-0.05, 0) is 48.0 Å². The van der Waals surface area contributed by atoms with Crippen LogP contribution in [0.2, 0.25) is 0 Å². The Kier molecular flexibility index (Phi) is 6.45. The number of hydrogen-bond acceptors (Lipinski definition) is 2. The quantitative estimate of drug-likeness (QED) is 0.869. The van der Waals surface area contributed by atoms with E-state index in [1.54, 1.807) is 6.07 Å². The van der Waals surface area contributed by atoms with Crippen LogP contribution in [0.1, 0.15) is 26.3 Å². The number of rotatable bonds is 6. The minimum Gasteiger partial charge on any atom is -0.353 e. The lowest BCUT2D eigenvalue weighted by Gasteiger charge is -2.21. The number of halogens is 2. The van der Waals surface area contributed by atoms with Gasteiger partial charge in [0, 0.05) is 12.6 Å². The summed E-state index contributed by atoms with van der Waals surface area (Å²) in [5.41, 5.74) is 0.846. The molecule has 0 bridgehead atoms. The molecule has 0 saturated heterocycles. The van der Waals surface area contributed by atoms with Crippen LogP contribution in [-0.2, 0) is 11.3 Å². The van der Waals surface area contributed by atoms with Crippen molar-refractivity contribution >= 4 is 21.8 Å². The molecule has 0 aliphatic rings. The summed E-state index contributed by atoms with van der Waals surface area (Å²) in [6.07, 6.45) is 0. The summed E-state index contributed by atoms with van der Waals surface area (Å²) in [4.78, 5) is 13.7. The van der Waals surface area contributed by atoms with Gasteiger partial charge >= 0.3 is 0 Å². The van der Waals surface area contributed by atoms with Gasteiger partial charge in [0.1, 0.15) is 5.82 Å². The van der Waals surface area contributed by atoms with Crippen molar-refractivity contribution in [1.29, 1.82) is 0 Å². The standard InChI is InChI=1S/C14H20BrFN2O/c1-4-18(9-13(19)17-10(2)3)8-11-6-5-7-12(16)14(11)15/h5-7,10H,4,8-9H2,1-3H3,(H,17,19). The van der Waals surface area contributed by atoms with E-state index < -0.39 is 0 Å². The average Bonchev–Trinajstić information content (AvgIpc) is 2.32. The number of carbonyl (C=O) groups is 1. The highest BCUT2D eigenvalue weighted by Gasteiger charge is 2.13. The van der Waals surface area contributed by atoms with Crippen molar-refractivity contribution in [2.24, 2.45) is 0 Å². The van der Waals surface area contributed by atoms with E-state index in [1.807, 2.05) is 31.7 Å². The van der Waals surface area contributed by atoms with Crippen LogP contribution in [0, 0.1) is 5.82 Å². The summed E-state index contributed by atoms with van der Waals surface area (Å²) >= 11 is 3.24. The first-order valence-corrected chi connectivity index (χ1v) is 7.18. The van der Waals surface area contributed by atoms with Gasteiger partial charge in [0.05, 0.1) is 11.0 Å². The van der Waals surface area contributed by atoms with Gasteiger partial charge in [0.15, 0.2) is 0 Å². The van der Waals surface area contributed by atoms with Crippen LogP contribution in [0.25, 0.3) is 0 Å². The van der Waals surface area contributed by atoms with Crippen molar-refractivity contribution in [3.63, 3.8) is 0 Å². The highest BCUT2D eigenvalue weighted by molar-refractivity contribution is 9.10. The van der Waals surface area contributed by atoms with Gasteiger partial charge in [-0.3, -0.25) is 9.69 Å². The maximum Gasteiger partial charge on any atom is 0.234 e. The Morgan fingerprint density at radius 2 is 2.16 bits per heavy atom. The predicted octanol–water partition coefficient (Wildman–Crippen LogP) is 2.93. The van der Waals surface area contributed by atoms with Gasteiger partial charge in [-0.2, -0.15) is 0 Å². The zero-order valence-corrected chi connectivity index (χ0v) is 13.1. The summed E-state index contributed by atoms with van der Waals surface area (Å²) in [6, 6.07) is 5.08. The van der Waals surface area contributed by atoms with Crippen LogP contribution in [0.15, 0.2) is 22.7 Å². The Hall–Kier alpha value is -0.940. The molecule has 0 unspecified atom stereocenters. The lowest BCUT2D eigenvalue weighted by Crippen LogP contribution is -2.39. The molecule has 1 aromatic rings. The molecule has 0 aliphatic carbocycles. The maximum absolute atomic E-state index is 13.4. The molecule has 0 radical (unpaired) electrons. The van der Waals surface area contributed by atoms with Gasteiger partial charge in [0.2, 0.25) is 5.91 Å². The van der Waals surface area contributed by atoms with Crippen molar-refractivity contribution in [3.8, 4) is 0 Å². The number of hydrogen-bond donors (Lipinski definition) is 1. The van der Waals surface area contributed by atoms with E-state index in [0.29, 0.717) is 17.6 Å². The molecule has 0 fully saturated rings. The van der Waals surface area contributed by atoms with Gasteiger partial charge in [0.25, 0.3) is 0 Å². The fourth-order valence-electron chi connectivity index (χ4n) is 1.76. The Labute approximate surface area is 122 Å². The SMILES string of the molecule is CCN(CC(=O)NC(C)C)Cc1cccc(F)c1Br. The smallest absolute Gasteiger partial charge is 0.234 e. The average molecular weight is 331 g/mol. The fraction of sp³-hybridized carbons (Fsp3) is 0.500. The van der Waals surface area contributed by atoms with Gasteiger partial charge in [-0.25, -0.2) is 4.39 Å². The second-order valence-electron chi connectivity index (χ2n) is 4.74. The first-order valence-electron chi connectivity index (χ1n) is 6.38. The van der Waals surface area contributed by atoms with E-state index in [1.165, 1.54) is 6.07 Å². The Morgan fingerprint density at radius 1 is 1.47 bits per heavy atom. The largest absolute Gasteiger partial charge is 0.353 e. The number of benzene rings is 1. The molecule has 5 heteroatoms. The third-order valence-corrected chi connectivity index (χ3v) is 3.58. The van der Waals surface area contributed by atoms with E-state index in [2.05, 4.69) is 21.2 Å². The summed E-state index contributed by atoms with van der Waals surface area (Å²) in [5, 5.41) is 2.85. The van der Waals surface area contributed by atoms with Crippen molar-refractivity contribution in [2.45, 2.75) is 33.4 Å². The second-order valence-corrected chi connectivity index (χ2v) is 5.53. The molecule has 106 valence electrons. The van der Waals surface area contributed by atoms with E-state index in [9.17, 15) is 9.18 Å². The van der Waals surface area contributed by atoms with Crippen LogP contribution in [-0.4, -0.2) is 29.9 Å². The molecule has 0 saturated carbocycles. The number of amides is 1. The molecule has 3 nitrogen and oxygen atoms in total. The molecule has 1 amide bonds. The van der Waals surface area contributed by atoms with Crippen LogP contribution < -0.4 is 5.32 Å². The molecule has 0 heterocycles. The molecule has 0 aliphatic heterocycles. The topological polar surface area (TPSA) is 32.3 Å². The third kappa shape index (κ3) is 5.28. The van der Waals surface area contributed by atoms with Crippen molar-refractivity contribution in [2.75, 3.05) is 13.1 Å². The van der Waals surface area contributed by atoms with Crippen LogP contribution in [0.5, 0.6) is 0 Å². The summed E-state index contributed by atoms with van der Waals surface area (Å²) in [6.45, 7) is 7.43. The molecule has 1 aromatic carbocycles. The fourth-order valence-corrected chi connectivity index (χ4v) is 2.15. The predicted molar refractivity (Wildman–Crippen MR) is 78.3 cm³/mol. The van der Waals surface area contributed by atoms with E-state index in [4.69, 9.17) is 0 Å². The van der Waals surface area contributed by atoms with Gasteiger partial charge in [-0.15, -0.1) is 0 Å². The first kappa shape index (κ1) is 16.1. The monoisotopic (exact) mass is 330 g/mol. The Bertz CT molecular complexity index is 437. The zero-order chi connectivity index (χ0) is 14.4. The number of nitrogens with one attached hydrogen (secondary N) is 1. The van der Waals surface area contributed by atoms with Crippen LogP contribution >= 0.6 is 15.9 Å². The van der Waals surface area contributed by atoms with E-state index in [-0.39, 0.29) is 17.8 Å². The van der Waals surface area contributed by atoms with Crippen molar-refractivity contribution < 1.29 is 9.18 Å². The van der Waals surface area contributed by atoms with Crippen LogP contribution in [0.4, 0.5) is 4.39 Å². The zero-order valence-electron chi connectivity index (χ0n) is 11.5. The molecule has 1 rings (SSSR count). The highest BCUT2D eigenvalue weighted by atomic mass is 79.9. The summed E-state index contributed by atoms with van der Waals surface area (Å²) in [7, 11) is 0. The third-order valence-electron chi connectivity index (χ3n) is 2.69. The second kappa shape index (κ2) is 7.60. The summed E-state index contributed by atoms with van der Waals surface area (Å²) < 4.78 is 13.9. The lowest BCUT2D eigenvalue weighted by molar-refractivity contribution is -0.122. The normalized spacial score (nSPS) is 11.1. The molecule has 0 spiro atoms. The number of likely N-dealkylation sites (N-methyl/N-ethyl adjacent to an activating group) is 1. The minimum atomic E-state index is -0.278. The van der Waals surface area contributed by atoms with Crippen molar-refractivity contribution in [3.05, 3.63) is 34.1 Å². The Balaban J connectivity index is 2.66. The lowest BCUT2D eigenvalue weighted by atomic mass is 10.2. The highest BCUT2D eigenvalue weighted by Crippen LogP contribution is 2.21. The number of carbonyl (C=O) groups excluding carboxylic acids is 1. The van der Waals surface area contributed by atoms with E-state index in [0.717, 1.165) is 12.1 Å². The molecular weight excluding hydrogens is 311 g/mol. The first-order chi connectivity index (χ1) is 8.93. The van der Waals surface area contributed by atoms with Gasteiger partial charge in [-0.1, -0.05) is 19.1 Å². The minimum absolute atomic E-state index is 0.00984. The maximum atomic E-state index is 13.4. The molecule has 0 aromatic heterocycles. The number of nitrogens with zero attached hydrogens (tertiary/aromatic N) is 1. The Morgan fingerprint density at radius 3 is 2.74 bits per heavy atom. The molecule has 19 heavy (non-hydrogen) atoms. The van der Waals surface area contributed by atoms with Crippen LogP contribution in [0.3, 0.4) is 0 Å². The van der Waals surface area contributed by atoms with Gasteiger partial charge < -0.3 is 5.32 Å². The molecule has 0 atom stereocenters. The summed E-state index contributed by atoms with van der Waals surface area (Å²) in [5.74, 6) is -0.287. The molecular formula is C14H20BrFN2O. The molecule has 1 N–H and O–H groups in total. The van der Waals surface area contributed by atoms with Crippen molar-refractivity contribution in [1.82, 2.24) is 10.2 Å².